The van der Waals surface area contributed by atoms with Gasteiger partial charge in [-0.15, -0.1) is 17.9 Å². The van der Waals surface area contributed by atoms with Crippen molar-refractivity contribution in [2.24, 2.45) is 4.99 Å². The number of fused-ring (bicyclic) bond motifs is 3. The Morgan fingerprint density at radius 3 is 2.76 bits per heavy atom. The van der Waals surface area contributed by atoms with Gasteiger partial charge in [-0.1, -0.05) is 6.08 Å². The number of rotatable bonds is 3. The van der Waals surface area contributed by atoms with Gasteiger partial charge in [0.05, 0.1) is 5.71 Å². The van der Waals surface area contributed by atoms with E-state index in [2.05, 4.69) is 11.6 Å². The predicted molar refractivity (Wildman–Crippen MR) is 100 cm³/mol. The van der Waals surface area contributed by atoms with Crippen LogP contribution in [0.25, 0.3) is 0 Å². The van der Waals surface area contributed by atoms with Gasteiger partial charge in [-0.3, -0.25) is 14.7 Å². The van der Waals surface area contributed by atoms with E-state index >= 15 is 0 Å². The van der Waals surface area contributed by atoms with Gasteiger partial charge in [0.15, 0.2) is 0 Å². The summed E-state index contributed by atoms with van der Waals surface area (Å²) in [7, 11) is 0. The lowest BCUT2D eigenvalue weighted by Crippen LogP contribution is -2.31. The van der Waals surface area contributed by atoms with E-state index in [-0.39, 0.29) is 18.3 Å². The van der Waals surface area contributed by atoms with Gasteiger partial charge in [0.2, 0.25) is 5.91 Å². The van der Waals surface area contributed by atoms with E-state index in [9.17, 15) is 9.18 Å². The minimum absolute atomic E-state index is 0.0168. The Morgan fingerprint density at radius 2 is 2.00 bits per heavy atom. The molecule has 0 N–H and O–H groups in total. The summed E-state index contributed by atoms with van der Waals surface area (Å²) in [5.41, 5.74) is 4.06. The summed E-state index contributed by atoms with van der Waals surface area (Å²) in [6.07, 6.45) is 6.16. The summed E-state index contributed by atoms with van der Waals surface area (Å²) in [6.45, 7) is 4.38. The molecule has 128 valence electrons. The minimum Gasteiger partial charge on any atom is -0.298 e. The third kappa shape index (κ3) is 2.82. The number of carbonyl (C=O) groups is 1. The molecule has 0 spiro atoms. The Balaban J connectivity index is 1.92. The Bertz CT molecular complexity index is 867. The monoisotopic (exact) mass is 354 g/mol. The van der Waals surface area contributed by atoms with Gasteiger partial charge in [-0.25, -0.2) is 4.39 Å². The molecule has 0 radical (unpaired) electrons. The zero-order chi connectivity index (χ0) is 17.4. The fraction of sp³-hybridized carbons (Fsp3) is 0.300. The third-order valence-corrected chi connectivity index (χ3v) is 6.05. The molecule has 0 atom stereocenters. The summed E-state index contributed by atoms with van der Waals surface area (Å²) in [5, 5.41) is 0.970. The highest BCUT2D eigenvalue weighted by Gasteiger charge is 2.31. The molecule has 4 rings (SSSR count). The van der Waals surface area contributed by atoms with Crippen LogP contribution in [-0.2, 0) is 17.6 Å². The van der Waals surface area contributed by atoms with Crippen molar-refractivity contribution in [2.45, 2.75) is 25.7 Å². The average Bonchev–Trinajstić information content (AvgIpc) is 2.94. The van der Waals surface area contributed by atoms with Crippen molar-refractivity contribution < 1.29 is 9.18 Å². The fourth-order valence-corrected chi connectivity index (χ4v) is 4.98. The second kappa shape index (κ2) is 6.56. The minimum atomic E-state index is -0.269. The van der Waals surface area contributed by atoms with Crippen LogP contribution in [0.3, 0.4) is 0 Å². The number of aliphatic imine (C=N–C) groups is 1. The van der Waals surface area contributed by atoms with E-state index in [4.69, 9.17) is 0 Å². The van der Waals surface area contributed by atoms with Gasteiger partial charge in [-0.05, 0) is 55.5 Å². The van der Waals surface area contributed by atoms with E-state index in [0.29, 0.717) is 6.54 Å². The number of amides is 1. The molecule has 3 nitrogen and oxygen atoms in total. The van der Waals surface area contributed by atoms with Gasteiger partial charge >= 0.3 is 0 Å². The largest absolute Gasteiger partial charge is 0.298 e. The lowest BCUT2D eigenvalue weighted by Gasteiger charge is -2.19. The summed E-state index contributed by atoms with van der Waals surface area (Å²) < 4.78 is 13.4. The molecule has 5 heteroatoms. The Kier molecular flexibility index (Phi) is 4.25. The summed E-state index contributed by atoms with van der Waals surface area (Å²) >= 11 is 1.71. The number of thiophene rings is 1. The fourth-order valence-electron chi connectivity index (χ4n) is 3.57. The molecule has 1 amide bonds. The maximum absolute atomic E-state index is 13.4. The molecule has 1 aromatic heterocycles. The topological polar surface area (TPSA) is 32.7 Å². The van der Waals surface area contributed by atoms with Crippen LogP contribution in [0.1, 0.15) is 34.4 Å². The number of hydrogen-bond acceptors (Lipinski definition) is 3. The maximum atomic E-state index is 13.4. The first kappa shape index (κ1) is 16.2. The van der Waals surface area contributed by atoms with E-state index in [1.807, 2.05) is 0 Å². The van der Waals surface area contributed by atoms with Crippen molar-refractivity contribution in [1.29, 1.82) is 0 Å². The van der Waals surface area contributed by atoms with Gasteiger partial charge in [-0.2, -0.15) is 0 Å². The van der Waals surface area contributed by atoms with Crippen molar-refractivity contribution in [2.75, 3.05) is 18.0 Å². The van der Waals surface area contributed by atoms with Crippen LogP contribution >= 0.6 is 11.3 Å². The lowest BCUT2D eigenvalue weighted by molar-refractivity contribution is -0.117. The van der Waals surface area contributed by atoms with Crippen molar-refractivity contribution in [3.05, 3.63) is 64.3 Å². The van der Waals surface area contributed by atoms with Crippen LogP contribution in [0.15, 0.2) is 41.9 Å². The highest BCUT2D eigenvalue weighted by Crippen LogP contribution is 2.42. The van der Waals surface area contributed by atoms with Crippen molar-refractivity contribution in [3.8, 4) is 0 Å². The second-order valence-electron chi connectivity index (χ2n) is 6.36. The van der Waals surface area contributed by atoms with Crippen molar-refractivity contribution in [3.63, 3.8) is 0 Å². The summed E-state index contributed by atoms with van der Waals surface area (Å²) in [5.74, 6) is -0.285. The first-order valence-corrected chi connectivity index (χ1v) is 9.37. The molecule has 2 aromatic rings. The lowest BCUT2D eigenvalue weighted by atomic mass is 9.91. The molecule has 1 aliphatic heterocycles. The molecular formula is C20H19FN2OS. The van der Waals surface area contributed by atoms with Crippen molar-refractivity contribution in [1.82, 2.24) is 0 Å². The summed E-state index contributed by atoms with van der Waals surface area (Å²) in [6, 6.07) is 6.39. The highest BCUT2D eigenvalue weighted by molar-refractivity contribution is 7.17. The third-order valence-electron chi connectivity index (χ3n) is 4.74. The van der Waals surface area contributed by atoms with Crippen molar-refractivity contribution >= 4 is 28.0 Å². The summed E-state index contributed by atoms with van der Waals surface area (Å²) in [4.78, 5) is 20.4. The van der Waals surface area contributed by atoms with E-state index < -0.39 is 0 Å². The van der Waals surface area contributed by atoms with Gasteiger partial charge in [0.1, 0.15) is 17.4 Å². The number of carbonyl (C=O) groups excluding carboxylic acids is 1. The first-order chi connectivity index (χ1) is 12.2. The zero-order valence-electron chi connectivity index (χ0n) is 13.9. The number of anilines is 1. The van der Waals surface area contributed by atoms with Crippen LogP contribution in [-0.4, -0.2) is 24.7 Å². The van der Waals surface area contributed by atoms with Crippen LogP contribution in [0.2, 0.25) is 0 Å². The Morgan fingerprint density at radius 1 is 1.24 bits per heavy atom. The number of halogens is 1. The highest BCUT2D eigenvalue weighted by atomic mass is 32.1. The standard InChI is InChI=1S/C20H19FN2OS/c1-2-11-23-17(24)12-22-19(13-7-9-14(21)10-8-13)18-15-5-3-4-6-16(15)25-20(18)23/h2,7-10H,1,3-6,11-12H2. The zero-order valence-corrected chi connectivity index (χ0v) is 14.7. The average molecular weight is 354 g/mol. The van der Waals surface area contributed by atoms with Crippen LogP contribution < -0.4 is 4.90 Å². The van der Waals surface area contributed by atoms with Crippen LogP contribution in [0.4, 0.5) is 9.39 Å². The smallest absolute Gasteiger partial charge is 0.249 e. The molecule has 2 heterocycles. The molecule has 2 aliphatic rings. The molecular weight excluding hydrogens is 335 g/mol. The number of aryl methyl sites for hydroxylation is 1. The second-order valence-corrected chi connectivity index (χ2v) is 7.44. The molecule has 0 unspecified atom stereocenters. The maximum Gasteiger partial charge on any atom is 0.249 e. The van der Waals surface area contributed by atoms with Crippen LogP contribution in [0, 0.1) is 5.82 Å². The van der Waals surface area contributed by atoms with Gasteiger partial charge < -0.3 is 0 Å². The quantitative estimate of drug-likeness (QED) is 0.763. The number of hydrogen-bond donors (Lipinski definition) is 0. The molecule has 0 saturated heterocycles. The van der Waals surface area contributed by atoms with E-state index in [1.54, 1.807) is 34.4 Å². The molecule has 25 heavy (non-hydrogen) atoms. The Labute approximate surface area is 150 Å². The molecule has 0 saturated carbocycles. The van der Waals surface area contributed by atoms with Crippen LogP contribution in [0.5, 0.6) is 0 Å². The predicted octanol–water partition coefficient (Wildman–Crippen LogP) is 4.14. The number of benzene rings is 1. The van der Waals surface area contributed by atoms with E-state index in [1.165, 1.54) is 29.0 Å². The van der Waals surface area contributed by atoms with Gasteiger partial charge in [0, 0.05) is 22.5 Å². The Hall–Kier alpha value is -2.27. The molecule has 0 bridgehead atoms. The normalized spacial score (nSPS) is 16.8. The van der Waals surface area contributed by atoms with E-state index in [0.717, 1.165) is 41.1 Å². The SMILES string of the molecule is C=CCN1C(=O)CN=C(c2ccc(F)cc2)c2c1sc1c2CCCC1. The molecule has 1 aromatic carbocycles. The molecule has 1 aliphatic carbocycles. The van der Waals surface area contributed by atoms with Gasteiger partial charge in [0.25, 0.3) is 0 Å². The first-order valence-electron chi connectivity index (χ1n) is 8.55. The number of nitrogens with zero attached hydrogens (tertiary/aromatic N) is 2. The molecule has 0 fully saturated rings.